The highest BCUT2D eigenvalue weighted by molar-refractivity contribution is 7.91. The molecule has 0 saturated carbocycles. The van der Waals surface area contributed by atoms with E-state index in [1.54, 1.807) is 0 Å². The highest BCUT2D eigenvalue weighted by atomic mass is 32.2. The number of rotatable bonds is 6. The van der Waals surface area contributed by atoms with E-state index in [1.807, 2.05) is 0 Å². The van der Waals surface area contributed by atoms with Crippen molar-refractivity contribution in [3.05, 3.63) is 54.8 Å². The maximum absolute atomic E-state index is 12.9. The minimum Gasteiger partial charge on any atom is -0.435 e. The molecule has 0 aromatic carbocycles. The maximum Gasteiger partial charge on any atom is 0.387 e. The first kappa shape index (κ1) is 18.0. The summed E-state index contributed by atoms with van der Waals surface area (Å²) in [5, 5.41) is 6.81. The Morgan fingerprint density at radius 1 is 1.35 bits per heavy atom. The lowest BCUT2D eigenvalue weighted by atomic mass is 10.0. The Morgan fingerprint density at radius 2 is 2.15 bits per heavy atom. The second kappa shape index (κ2) is 6.83. The Morgan fingerprint density at radius 3 is 2.85 bits per heavy atom. The molecule has 0 amide bonds. The van der Waals surface area contributed by atoms with E-state index in [1.165, 1.54) is 49.9 Å². The molecule has 1 N–H and O–H groups in total. The average Bonchev–Trinajstić information content (AvgIpc) is 3.04. The zero-order valence-electron chi connectivity index (χ0n) is 13.6. The quantitative estimate of drug-likeness (QED) is 0.818. The summed E-state index contributed by atoms with van der Waals surface area (Å²) in [6.07, 6.45) is 9.73. The van der Waals surface area contributed by atoms with E-state index in [0.717, 1.165) is 10.2 Å². The van der Waals surface area contributed by atoms with Crippen molar-refractivity contribution in [1.29, 1.82) is 0 Å². The van der Waals surface area contributed by atoms with E-state index in [0.29, 0.717) is 5.82 Å². The van der Waals surface area contributed by atoms with Gasteiger partial charge in [0, 0.05) is 24.7 Å². The van der Waals surface area contributed by atoms with Gasteiger partial charge in [0.15, 0.2) is 5.82 Å². The molecule has 0 aliphatic heterocycles. The lowest BCUT2D eigenvalue weighted by molar-refractivity contribution is -0.0926. The molecule has 1 aliphatic carbocycles. The van der Waals surface area contributed by atoms with Gasteiger partial charge >= 0.3 is 6.61 Å². The van der Waals surface area contributed by atoms with Crippen molar-refractivity contribution >= 4 is 21.7 Å². The molecular weight excluding hydrogens is 368 g/mol. The largest absolute Gasteiger partial charge is 0.435 e. The standard InChI is InChI=1S/C15H15F2N5O3S/c1-15(5-2-3-11(9-15)25-14(16)17)26(23,24)22-8-4-12(21-22)20-13-10-18-6-7-19-13/h2-4,6-10,14H,5H2,1H3,(H,19,20,21). The van der Waals surface area contributed by atoms with Crippen molar-refractivity contribution in [3.8, 4) is 0 Å². The van der Waals surface area contributed by atoms with Crippen LogP contribution in [0.25, 0.3) is 0 Å². The van der Waals surface area contributed by atoms with E-state index in [2.05, 4.69) is 25.1 Å². The van der Waals surface area contributed by atoms with Crippen molar-refractivity contribution in [2.24, 2.45) is 0 Å². The summed E-state index contributed by atoms with van der Waals surface area (Å²) in [5.74, 6) is 0.439. The summed E-state index contributed by atoms with van der Waals surface area (Å²) < 4.78 is 54.3. The van der Waals surface area contributed by atoms with Crippen LogP contribution in [0.5, 0.6) is 0 Å². The van der Waals surface area contributed by atoms with E-state index in [-0.39, 0.29) is 18.0 Å². The molecule has 2 aromatic rings. The van der Waals surface area contributed by atoms with Crippen LogP contribution < -0.4 is 5.32 Å². The maximum atomic E-state index is 12.9. The number of hydrogen-bond donors (Lipinski definition) is 1. The van der Waals surface area contributed by atoms with Crippen LogP contribution in [0.3, 0.4) is 0 Å². The summed E-state index contributed by atoms with van der Waals surface area (Å²) >= 11 is 0. The summed E-state index contributed by atoms with van der Waals surface area (Å²) in [7, 11) is -4.02. The van der Waals surface area contributed by atoms with Gasteiger partial charge in [-0.3, -0.25) is 4.98 Å². The zero-order valence-corrected chi connectivity index (χ0v) is 14.4. The predicted octanol–water partition coefficient (Wildman–Crippen LogP) is 2.44. The van der Waals surface area contributed by atoms with Crippen LogP contribution in [0.4, 0.5) is 20.4 Å². The van der Waals surface area contributed by atoms with Crippen LogP contribution in [-0.4, -0.2) is 38.9 Å². The van der Waals surface area contributed by atoms with Gasteiger partial charge in [-0.15, -0.1) is 5.10 Å². The van der Waals surface area contributed by atoms with Crippen LogP contribution >= 0.6 is 0 Å². The third-order valence-electron chi connectivity index (χ3n) is 3.70. The average molecular weight is 383 g/mol. The lowest BCUT2D eigenvalue weighted by Crippen LogP contribution is -2.39. The van der Waals surface area contributed by atoms with Gasteiger partial charge in [0.1, 0.15) is 16.3 Å². The van der Waals surface area contributed by atoms with Crippen LogP contribution in [0.15, 0.2) is 54.8 Å². The highest BCUT2D eigenvalue weighted by Crippen LogP contribution is 2.32. The van der Waals surface area contributed by atoms with Gasteiger partial charge in [-0.2, -0.15) is 12.9 Å². The highest BCUT2D eigenvalue weighted by Gasteiger charge is 2.40. The van der Waals surface area contributed by atoms with Crippen LogP contribution in [-0.2, 0) is 14.8 Å². The van der Waals surface area contributed by atoms with Crippen molar-refractivity contribution < 1.29 is 21.9 Å². The minimum atomic E-state index is -4.02. The van der Waals surface area contributed by atoms with Gasteiger partial charge < -0.3 is 10.1 Å². The SMILES string of the molecule is CC1(S(=O)(=O)n2ccc(Nc3cnccn3)n2)C=C(OC(F)F)C=CC1. The summed E-state index contributed by atoms with van der Waals surface area (Å²) in [5.41, 5.74) is 0. The first-order chi connectivity index (χ1) is 12.3. The molecule has 0 fully saturated rings. The van der Waals surface area contributed by atoms with Gasteiger partial charge in [-0.1, -0.05) is 6.08 Å². The predicted molar refractivity (Wildman–Crippen MR) is 89.2 cm³/mol. The fourth-order valence-corrected chi connectivity index (χ4v) is 3.81. The molecule has 1 aliphatic rings. The molecule has 1 atom stereocenters. The monoisotopic (exact) mass is 383 g/mol. The van der Waals surface area contributed by atoms with Crippen LogP contribution in [0, 0.1) is 0 Å². The number of hydrogen-bond acceptors (Lipinski definition) is 7. The van der Waals surface area contributed by atoms with Gasteiger partial charge in [-0.05, 0) is 25.5 Å². The first-order valence-corrected chi connectivity index (χ1v) is 8.92. The fraction of sp³-hybridized carbons (Fsp3) is 0.267. The Hall–Kier alpha value is -2.82. The van der Waals surface area contributed by atoms with E-state index in [4.69, 9.17) is 0 Å². The number of alkyl halides is 2. The molecular formula is C15H15F2N5O3S. The number of nitrogens with one attached hydrogen (secondary N) is 1. The fourth-order valence-electron chi connectivity index (χ4n) is 2.39. The number of ether oxygens (including phenoxy) is 1. The molecule has 2 heterocycles. The van der Waals surface area contributed by atoms with Gasteiger partial charge in [0.2, 0.25) is 0 Å². The smallest absolute Gasteiger partial charge is 0.387 e. The molecule has 1 unspecified atom stereocenters. The van der Waals surface area contributed by atoms with Crippen LogP contribution in [0.1, 0.15) is 13.3 Å². The Labute approximate surface area is 148 Å². The molecule has 26 heavy (non-hydrogen) atoms. The van der Waals surface area contributed by atoms with Gasteiger partial charge in [0.05, 0.1) is 6.20 Å². The number of anilines is 2. The van der Waals surface area contributed by atoms with E-state index >= 15 is 0 Å². The first-order valence-electron chi connectivity index (χ1n) is 7.48. The third-order valence-corrected chi connectivity index (χ3v) is 5.86. The minimum absolute atomic E-state index is 0.0955. The number of halogens is 2. The third kappa shape index (κ3) is 3.57. The molecule has 2 aromatic heterocycles. The molecule has 0 bridgehead atoms. The molecule has 11 heteroatoms. The summed E-state index contributed by atoms with van der Waals surface area (Å²) in [6, 6.07) is 1.45. The van der Waals surface area contributed by atoms with E-state index in [9.17, 15) is 17.2 Å². The molecule has 3 rings (SSSR count). The molecule has 0 radical (unpaired) electrons. The molecule has 138 valence electrons. The van der Waals surface area contributed by atoms with E-state index < -0.39 is 21.4 Å². The Bertz CT molecular complexity index is 943. The van der Waals surface area contributed by atoms with Crippen molar-refractivity contribution in [3.63, 3.8) is 0 Å². The summed E-state index contributed by atoms with van der Waals surface area (Å²) in [6.45, 7) is -1.62. The van der Waals surface area contributed by atoms with Gasteiger partial charge in [-0.25, -0.2) is 13.4 Å². The second-order valence-corrected chi connectivity index (χ2v) is 7.90. The zero-order chi connectivity index (χ0) is 18.8. The topological polar surface area (TPSA) is 99.0 Å². The number of allylic oxidation sites excluding steroid dienone is 2. The number of aromatic nitrogens is 4. The Kier molecular flexibility index (Phi) is 4.72. The number of nitrogens with zero attached hydrogens (tertiary/aromatic N) is 4. The summed E-state index contributed by atoms with van der Waals surface area (Å²) in [4.78, 5) is 7.89. The van der Waals surface area contributed by atoms with Crippen molar-refractivity contribution in [1.82, 2.24) is 19.2 Å². The lowest BCUT2D eigenvalue weighted by Gasteiger charge is -2.27. The van der Waals surface area contributed by atoms with Crippen molar-refractivity contribution in [2.75, 3.05) is 5.32 Å². The van der Waals surface area contributed by atoms with Crippen molar-refractivity contribution in [2.45, 2.75) is 24.7 Å². The van der Waals surface area contributed by atoms with Gasteiger partial charge in [0.25, 0.3) is 10.0 Å². The van der Waals surface area contributed by atoms with Crippen LogP contribution in [0.2, 0.25) is 0 Å². The second-order valence-electron chi connectivity index (χ2n) is 5.64. The Balaban J connectivity index is 1.86. The molecule has 8 nitrogen and oxygen atoms in total. The molecule has 0 saturated heterocycles. The molecule has 0 spiro atoms. The normalized spacial score (nSPS) is 20.1.